The lowest BCUT2D eigenvalue weighted by Gasteiger charge is -2.19. The summed E-state index contributed by atoms with van der Waals surface area (Å²) in [5.41, 5.74) is 1.36. The number of ether oxygens (including phenoxy) is 1. The number of hydrogen-bond donors (Lipinski definition) is 1. The van der Waals surface area contributed by atoms with Crippen molar-refractivity contribution in [2.75, 3.05) is 5.32 Å². The number of imidazole rings is 1. The van der Waals surface area contributed by atoms with Gasteiger partial charge in [-0.1, -0.05) is 0 Å². The molecular formula is C14H18N4O2. The molecule has 2 aromatic heterocycles. The summed E-state index contributed by atoms with van der Waals surface area (Å²) < 4.78 is 7.06. The highest BCUT2D eigenvalue weighted by atomic mass is 16.6. The minimum atomic E-state index is -0.529. The molecule has 2 aromatic rings. The van der Waals surface area contributed by atoms with E-state index in [0.29, 0.717) is 5.82 Å². The summed E-state index contributed by atoms with van der Waals surface area (Å²) in [6.07, 6.45) is 4.66. The van der Waals surface area contributed by atoms with Crippen LogP contribution in [0.3, 0.4) is 0 Å². The van der Waals surface area contributed by atoms with Crippen molar-refractivity contribution in [3.63, 3.8) is 0 Å². The van der Waals surface area contributed by atoms with Gasteiger partial charge in [0.1, 0.15) is 11.4 Å². The molecule has 0 saturated carbocycles. The molecule has 0 fully saturated rings. The van der Waals surface area contributed by atoms with Crippen molar-refractivity contribution in [1.82, 2.24) is 14.5 Å². The third-order valence-corrected chi connectivity index (χ3v) is 2.50. The largest absolute Gasteiger partial charge is 0.444 e. The number of pyridine rings is 1. The van der Waals surface area contributed by atoms with Gasteiger partial charge in [-0.15, -0.1) is 0 Å². The summed E-state index contributed by atoms with van der Waals surface area (Å²) in [6, 6.07) is 3.60. The van der Waals surface area contributed by atoms with Crippen molar-refractivity contribution in [2.45, 2.75) is 26.4 Å². The third kappa shape index (κ3) is 3.57. The van der Waals surface area contributed by atoms with E-state index in [0.717, 1.165) is 11.3 Å². The Labute approximate surface area is 117 Å². The van der Waals surface area contributed by atoms with Gasteiger partial charge in [-0.2, -0.15) is 0 Å². The van der Waals surface area contributed by atoms with E-state index < -0.39 is 11.7 Å². The summed E-state index contributed by atoms with van der Waals surface area (Å²) in [4.78, 5) is 19.9. The Hall–Kier alpha value is -2.37. The van der Waals surface area contributed by atoms with E-state index in [-0.39, 0.29) is 0 Å². The van der Waals surface area contributed by atoms with Crippen LogP contribution in [0.4, 0.5) is 10.6 Å². The molecule has 0 spiro atoms. The first-order valence-electron chi connectivity index (χ1n) is 6.28. The number of nitrogens with one attached hydrogen (secondary N) is 1. The monoisotopic (exact) mass is 274 g/mol. The number of carbonyl (C=O) groups is 1. The van der Waals surface area contributed by atoms with Gasteiger partial charge in [-0.05, 0) is 32.9 Å². The Bertz CT molecular complexity index is 596. The lowest BCUT2D eigenvalue weighted by atomic mass is 10.2. The fraction of sp³-hybridized carbons (Fsp3) is 0.357. The van der Waals surface area contributed by atoms with Crippen LogP contribution in [-0.2, 0) is 11.8 Å². The molecule has 6 nitrogen and oxygen atoms in total. The summed E-state index contributed by atoms with van der Waals surface area (Å²) in [5, 5.41) is 2.59. The van der Waals surface area contributed by atoms with Crippen molar-refractivity contribution in [1.29, 1.82) is 0 Å². The van der Waals surface area contributed by atoms with Crippen LogP contribution in [-0.4, -0.2) is 26.2 Å². The maximum Gasteiger partial charge on any atom is 0.413 e. The highest BCUT2D eigenvalue weighted by Crippen LogP contribution is 2.18. The number of aryl methyl sites for hydroxylation is 1. The molecule has 20 heavy (non-hydrogen) atoms. The molecule has 1 amide bonds. The third-order valence-electron chi connectivity index (χ3n) is 2.50. The fourth-order valence-corrected chi connectivity index (χ4v) is 1.66. The number of aromatic nitrogens is 3. The molecule has 0 aliphatic carbocycles. The van der Waals surface area contributed by atoms with Crippen molar-refractivity contribution in [3.8, 4) is 11.3 Å². The second-order valence-electron chi connectivity index (χ2n) is 5.45. The van der Waals surface area contributed by atoms with Gasteiger partial charge in [-0.3, -0.25) is 5.32 Å². The van der Waals surface area contributed by atoms with E-state index in [4.69, 9.17) is 4.74 Å². The normalized spacial score (nSPS) is 11.2. The number of nitrogens with zero attached hydrogens (tertiary/aromatic N) is 3. The molecule has 106 valence electrons. The average Bonchev–Trinajstić information content (AvgIpc) is 2.74. The Kier molecular flexibility index (Phi) is 3.74. The molecule has 1 N–H and O–H groups in total. The second kappa shape index (κ2) is 5.32. The van der Waals surface area contributed by atoms with Crippen molar-refractivity contribution < 1.29 is 9.53 Å². The van der Waals surface area contributed by atoms with Crippen LogP contribution in [0.25, 0.3) is 11.3 Å². The molecule has 0 aliphatic heterocycles. The maximum absolute atomic E-state index is 11.6. The first-order chi connectivity index (χ1) is 9.35. The van der Waals surface area contributed by atoms with Gasteiger partial charge in [-0.25, -0.2) is 14.8 Å². The molecule has 0 aromatic carbocycles. The summed E-state index contributed by atoms with van der Waals surface area (Å²) in [6.45, 7) is 5.43. The van der Waals surface area contributed by atoms with Gasteiger partial charge in [0.15, 0.2) is 0 Å². The van der Waals surface area contributed by atoms with Crippen molar-refractivity contribution in [2.24, 2.45) is 7.05 Å². The quantitative estimate of drug-likeness (QED) is 0.914. The van der Waals surface area contributed by atoms with Crippen LogP contribution in [0.5, 0.6) is 0 Å². The zero-order valence-electron chi connectivity index (χ0n) is 12.0. The Balaban J connectivity index is 2.06. The van der Waals surface area contributed by atoms with Gasteiger partial charge in [0.25, 0.3) is 0 Å². The van der Waals surface area contributed by atoms with Crippen molar-refractivity contribution in [3.05, 3.63) is 30.9 Å². The average molecular weight is 274 g/mol. The van der Waals surface area contributed by atoms with Crippen LogP contribution < -0.4 is 5.32 Å². The van der Waals surface area contributed by atoms with E-state index in [2.05, 4.69) is 15.3 Å². The summed E-state index contributed by atoms with van der Waals surface area (Å²) in [5.74, 6) is 0.449. The van der Waals surface area contributed by atoms with Crippen LogP contribution in [0.2, 0.25) is 0 Å². The number of rotatable bonds is 2. The van der Waals surface area contributed by atoms with E-state index >= 15 is 0 Å². The predicted octanol–water partition coefficient (Wildman–Crippen LogP) is 2.83. The molecule has 6 heteroatoms. The van der Waals surface area contributed by atoms with Gasteiger partial charge in [0.2, 0.25) is 0 Å². The van der Waals surface area contributed by atoms with Crippen LogP contribution >= 0.6 is 0 Å². The number of hydrogen-bond acceptors (Lipinski definition) is 4. The highest BCUT2D eigenvalue weighted by molar-refractivity contribution is 5.83. The first-order valence-corrected chi connectivity index (χ1v) is 6.28. The minimum Gasteiger partial charge on any atom is -0.444 e. The molecule has 0 radical (unpaired) electrons. The predicted molar refractivity (Wildman–Crippen MR) is 76.3 cm³/mol. The Morgan fingerprint density at radius 1 is 1.30 bits per heavy atom. The van der Waals surface area contributed by atoms with E-state index in [1.54, 1.807) is 24.8 Å². The van der Waals surface area contributed by atoms with Gasteiger partial charge < -0.3 is 9.30 Å². The molecule has 2 rings (SSSR count). The summed E-state index contributed by atoms with van der Waals surface area (Å²) >= 11 is 0. The number of amides is 1. The van der Waals surface area contributed by atoms with Crippen LogP contribution in [0, 0.1) is 0 Å². The van der Waals surface area contributed by atoms with E-state index in [9.17, 15) is 4.79 Å². The molecule has 0 unspecified atom stereocenters. The van der Waals surface area contributed by atoms with Crippen LogP contribution in [0.1, 0.15) is 20.8 Å². The van der Waals surface area contributed by atoms with Crippen molar-refractivity contribution >= 4 is 11.9 Å². The molecule has 0 bridgehead atoms. The molecule has 0 atom stereocenters. The highest BCUT2D eigenvalue weighted by Gasteiger charge is 2.16. The lowest BCUT2D eigenvalue weighted by molar-refractivity contribution is 0.0635. The minimum absolute atomic E-state index is 0.449. The Morgan fingerprint density at radius 2 is 2.05 bits per heavy atom. The molecule has 0 aliphatic rings. The first kappa shape index (κ1) is 14.0. The molecular weight excluding hydrogens is 256 g/mol. The zero-order valence-corrected chi connectivity index (χ0v) is 12.0. The summed E-state index contributed by atoms with van der Waals surface area (Å²) in [7, 11) is 1.91. The number of anilines is 1. The molecule has 0 saturated heterocycles. The maximum atomic E-state index is 11.6. The second-order valence-corrected chi connectivity index (χ2v) is 5.45. The standard InChI is InChI=1S/C14H18N4O2/c1-14(2,3)20-13(19)17-12-6-5-10(7-16-12)11-8-15-9-18(11)4/h5-9H,1-4H3,(H,16,17,19). The Morgan fingerprint density at radius 3 is 2.55 bits per heavy atom. The number of carbonyl (C=O) groups excluding carboxylic acids is 1. The van der Waals surface area contributed by atoms with E-state index in [1.165, 1.54) is 0 Å². The van der Waals surface area contributed by atoms with Crippen LogP contribution in [0.15, 0.2) is 30.9 Å². The van der Waals surface area contributed by atoms with E-state index in [1.807, 2.05) is 38.5 Å². The van der Waals surface area contributed by atoms with Gasteiger partial charge in [0, 0.05) is 18.8 Å². The SMILES string of the molecule is Cn1cncc1-c1ccc(NC(=O)OC(C)(C)C)nc1. The van der Waals surface area contributed by atoms with Gasteiger partial charge in [0.05, 0.1) is 18.2 Å². The smallest absolute Gasteiger partial charge is 0.413 e. The fourth-order valence-electron chi connectivity index (χ4n) is 1.66. The van der Waals surface area contributed by atoms with Gasteiger partial charge >= 0.3 is 6.09 Å². The lowest BCUT2D eigenvalue weighted by Crippen LogP contribution is -2.27. The topological polar surface area (TPSA) is 69.0 Å². The zero-order chi connectivity index (χ0) is 14.8. The molecule has 2 heterocycles.